The number of amides is 2. The van der Waals surface area contributed by atoms with Gasteiger partial charge in [-0.25, -0.2) is 0 Å². The predicted molar refractivity (Wildman–Crippen MR) is 137 cm³/mol. The number of aromatic nitrogens is 1. The highest BCUT2D eigenvalue weighted by molar-refractivity contribution is 7.99. The van der Waals surface area contributed by atoms with Crippen LogP contribution in [0.15, 0.2) is 86.8 Å². The molecule has 0 radical (unpaired) electrons. The molecule has 1 N–H and O–H groups in total. The Hall–Kier alpha value is -3.75. The number of hydrogen-bond acceptors (Lipinski definition) is 6. The fraction of sp³-hybridized carbons (Fsp3) is 0.0769. The summed E-state index contributed by atoms with van der Waals surface area (Å²) in [7, 11) is 0. The number of carbonyl (C=O) groups is 2. The number of thiocarbonyl (C=S) groups is 1. The lowest BCUT2D eigenvalue weighted by Gasteiger charge is -2.29. The molecule has 168 valence electrons. The molecule has 8 heteroatoms. The van der Waals surface area contributed by atoms with Crippen LogP contribution in [0.1, 0.15) is 16.9 Å². The van der Waals surface area contributed by atoms with Crippen molar-refractivity contribution in [3.8, 4) is 0 Å². The second-order valence-electron chi connectivity index (χ2n) is 7.89. The topological polar surface area (TPSA) is 75.4 Å². The van der Waals surface area contributed by atoms with E-state index in [0.29, 0.717) is 16.5 Å². The molecule has 0 aliphatic carbocycles. The lowest BCUT2D eigenvalue weighted by molar-refractivity contribution is -0.122. The monoisotopic (exact) mass is 485 g/mol. The molecule has 1 aliphatic heterocycles. The number of nitrogens with zero attached hydrogens (tertiary/aromatic N) is 2. The summed E-state index contributed by atoms with van der Waals surface area (Å²) in [6.07, 6.45) is 3.20. The number of carbonyl (C=O) groups excluding carboxylic acids is 2. The average Bonchev–Trinajstić information content (AvgIpc) is 3.23. The van der Waals surface area contributed by atoms with E-state index >= 15 is 0 Å². The van der Waals surface area contributed by atoms with E-state index in [9.17, 15) is 9.59 Å². The highest BCUT2D eigenvalue weighted by Crippen LogP contribution is 2.34. The van der Waals surface area contributed by atoms with Gasteiger partial charge < -0.3 is 4.42 Å². The van der Waals surface area contributed by atoms with Crippen LogP contribution >= 0.6 is 24.0 Å². The molecule has 0 saturated carbocycles. The number of nitrogens with one attached hydrogen (secondary N) is 1. The highest BCUT2D eigenvalue weighted by Gasteiger charge is 2.35. The molecule has 1 fully saturated rings. The van der Waals surface area contributed by atoms with Crippen LogP contribution in [0, 0.1) is 13.8 Å². The third-order valence-corrected chi connectivity index (χ3v) is 6.52. The van der Waals surface area contributed by atoms with Crippen molar-refractivity contribution >= 4 is 63.6 Å². The number of pyridine rings is 1. The van der Waals surface area contributed by atoms with Gasteiger partial charge in [0.05, 0.1) is 11.2 Å². The van der Waals surface area contributed by atoms with Crippen molar-refractivity contribution in [3.63, 3.8) is 0 Å². The Morgan fingerprint density at radius 3 is 2.59 bits per heavy atom. The van der Waals surface area contributed by atoms with Gasteiger partial charge in [0.1, 0.15) is 11.3 Å². The summed E-state index contributed by atoms with van der Waals surface area (Å²) < 4.78 is 5.92. The van der Waals surface area contributed by atoms with Crippen LogP contribution in [0.4, 0.5) is 5.69 Å². The maximum absolute atomic E-state index is 13.3. The molecule has 4 aromatic rings. The summed E-state index contributed by atoms with van der Waals surface area (Å²) >= 11 is 6.72. The van der Waals surface area contributed by atoms with Crippen LogP contribution in [0.2, 0.25) is 0 Å². The number of anilines is 1. The normalized spacial score (nSPS) is 15.3. The molecule has 6 nitrogen and oxygen atoms in total. The zero-order valence-electron chi connectivity index (χ0n) is 18.4. The van der Waals surface area contributed by atoms with Crippen molar-refractivity contribution in [2.24, 2.45) is 0 Å². The van der Waals surface area contributed by atoms with Crippen molar-refractivity contribution in [1.82, 2.24) is 10.3 Å². The van der Waals surface area contributed by atoms with Gasteiger partial charge in [-0.05, 0) is 91.4 Å². The molecule has 3 heterocycles. The highest BCUT2D eigenvalue weighted by atomic mass is 32.2. The zero-order chi connectivity index (χ0) is 23.8. The third-order valence-electron chi connectivity index (χ3n) is 5.26. The van der Waals surface area contributed by atoms with Gasteiger partial charge in [-0.3, -0.25) is 24.8 Å². The van der Waals surface area contributed by atoms with Gasteiger partial charge in [0.15, 0.2) is 10.2 Å². The van der Waals surface area contributed by atoms with Gasteiger partial charge in [0.25, 0.3) is 11.8 Å². The second kappa shape index (κ2) is 8.89. The molecular formula is C26H19N3O3S2. The van der Waals surface area contributed by atoms with Gasteiger partial charge >= 0.3 is 0 Å². The van der Waals surface area contributed by atoms with E-state index in [1.54, 1.807) is 18.3 Å². The Morgan fingerprint density at radius 2 is 1.79 bits per heavy atom. The van der Waals surface area contributed by atoms with E-state index in [1.165, 1.54) is 22.7 Å². The van der Waals surface area contributed by atoms with Crippen molar-refractivity contribution in [2.75, 3.05) is 4.90 Å². The van der Waals surface area contributed by atoms with Crippen LogP contribution in [0.25, 0.3) is 17.0 Å². The lowest BCUT2D eigenvalue weighted by Crippen LogP contribution is -2.54. The fourth-order valence-electron chi connectivity index (χ4n) is 3.85. The van der Waals surface area contributed by atoms with Gasteiger partial charge in [0.2, 0.25) is 0 Å². The van der Waals surface area contributed by atoms with Gasteiger partial charge in [0, 0.05) is 16.5 Å². The third kappa shape index (κ3) is 4.25. The van der Waals surface area contributed by atoms with Gasteiger partial charge in [-0.15, -0.1) is 0 Å². The number of fused-ring (bicyclic) bond motifs is 1. The number of hydrogen-bond donors (Lipinski definition) is 1. The molecular weight excluding hydrogens is 466 g/mol. The summed E-state index contributed by atoms with van der Waals surface area (Å²) in [5, 5.41) is 4.32. The lowest BCUT2D eigenvalue weighted by atomic mass is 10.1. The summed E-state index contributed by atoms with van der Waals surface area (Å²) in [5.74, 6) is -0.663. The van der Waals surface area contributed by atoms with Crippen molar-refractivity contribution in [2.45, 2.75) is 23.8 Å². The maximum Gasteiger partial charge on any atom is 0.270 e. The molecule has 1 aliphatic rings. The van der Waals surface area contributed by atoms with Crippen LogP contribution < -0.4 is 10.2 Å². The minimum absolute atomic E-state index is 0.0505. The first-order valence-electron chi connectivity index (χ1n) is 10.5. The number of aryl methyl sites for hydroxylation is 2. The number of furan rings is 1. The second-order valence-corrected chi connectivity index (χ2v) is 9.33. The molecule has 1 saturated heterocycles. The largest absolute Gasteiger partial charge is 0.450 e. The van der Waals surface area contributed by atoms with E-state index in [4.69, 9.17) is 16.6 Å². The van der Waals surface area contributed by atoms with Gasteiger partial charge in [-0.1, -0.05) is 24.3 Å². The van der Waals surface area contributed by atoms with Crippen LogP contribution in [0.5, 0.6) is 0 Å². The summed E-state index contributed by atoms with van der Waals surface area (Å²) in [6, 6.07) is 19.1. The SMILES string of the molecule is Cc1cc(C)cc(N2C(=O)/C(=C/c3ccc(Sc4cccc5cccnc45)o3)C(=O)NC2=S)c1. The predicted octanol–water partition coefficient (Wildman–Crippen LogP) is 5.43. The number of rotatable bonds is 4. The molecule has 5 rings (SSSR count). The van der Waals surface area contributed by atoms with E-state index < -0.39 is 11.8 Å². The number of benzene rings is 2. The molecule has 0 spiro atoms. The fourth-order valence-corrected chi connectivity index (χ4v) is 5.03. The van der Waals surface area contributed by atoms with Crippen molar-refractivity contribution in [1.29, 1.82) is 0 Å². The van der Waals surface area contributed by atoms with E-state index in [0.717, 1.165) is 26.9 Å². The van der Waals surface area contributed by atoms with E-state index in [1.807, 2.05) is 62.4 Å². The Balaban J connectivity index is 1.44. The Kier molecular flexibility index (Phi) is 5.77. The average molecular weight is 486 g/mol. The molecule has 0 bridgehead atoms. The first-order valence-corrected chi connectivity index (χ1v) is 11.7. The summed E-state index contributed by atoms with van der Waals surface area (Å²) in [4.78, 5) is 32.6. The minimum Gasteiger partial charge on any atom is -0.450 e. The van der Waals surface area contributed by atoms with E-state index in [2.05, 4.69) is 10.3 Å². The summed E-state index contributed by atoms with van der Waals surface area (Å²) in [5.41, 5.74) is 3.42. The first kappa shape index (κ1) is 22.1. The molecule has 0 unspecified atom stereocenters. The first-order chi connectivity index (χ1) is 16.4. The standard InChI is InChI=1S/C26H19N3O3S2/c1-15-11-16(2)13-18(12-15)29-25(31)20(24(30)28-26(29)33)14-19-8-9-22(32-19)34-21-7-3-5-17-6-4-10-27-23(17)21/h3-14H,1-2H3,(H,28,30,33)/b20-14+. The van der Waals surface area contributed by atoms with Crippen LogP contribution in [-0.4, -0.2) is 21.9 Å². The van der Waals surface area contributed by atoms with Crippen molar-refractivity contribution in [3.05, 3.63) is 89.3 Å². The number of para-hydroxylation sites is 1. The van der Waals surface area contributed by atoms with E-state index in [-0.39, 0.29) is 10.7 Å². The zero-order valence-corrected chi connectivity index (χ0v) is 20.0. The Morgan fingerprint density at radius 1 is 1.03 bits per heavy atom. The minimum atomic E-state index is -0.556. The smallest absolute Gasteiger partial charge is 0.270 e. The summed E-state index contributed by atoms with van der Waals surface area (Å²) in [6.45, 7) is 3.88. The maximum atomic E-state index is 13.3. The Bertz CT molecular complexity index is 1480. The molecule has 2 aromatic carbocycles. The molecule has 34 heavy (non-hydrogen) atoms. The van der Waals surface area contributed by atoms with Crippen molar-refractivity contribution < 1.29 is 14.0 Å². The molecule has 0 atom stereocenters. The Labute approximate surface area is 205 Å². The van der Waals surface area contributed by atoms with Crippen LogP contribution in [-0.2, 0) is 9.59 Å². The van der Waals surface area contributed by atoms with Crippen LogP contribution in [0.3, 0.4) is 0 Å². The molecule has 2 aromatic heterocycles. The quantitative estimate of drug-likeness (QED) is 0.236. The van der Waals surface area contributed by atoms with Gasteiger partial charge in [-0.2, -0.15) is 0 Å². The molecule has 2 amide bonds.